The van der Waals surface area contributed by atoms with Gasteiger partial charge in [-0.15, -0.1) is 11.3 Å². The van der Waals surface area contributed by atoms with Gasteiger partial charge in [0.25, 0.3) is 0 Å². The lowest BCUT2D eigenvalue weighted by molar-refractivity contribution is -0.141. The third-order valence-electron chi connectivity index (χ3n) is 2.61. The molecule has 0 saturated carbocycles. The van der Waals surface area contributed by atoms with E-state index < -0.39 is 21.9 Å². The molecule has 1 aromatic heterocycles. The summed E-state index contributed by atoms with van der Waals surface area (Å²) >= 11 is 1.52. The van der Waals surface area contributed by atoms with Crippen LogP contribution in [0.3, 0.4) is 0 Å². The molecule has 1 aromatic rings. The zero-order valence-electron chi connectivity index (χ0n) is 10.4. The first kappa shape index (κ1) is 15.1. The van der Waals surface area contributed by atoms with Crippen molar-refractivity contribution in [2.75, 3.05) is 19.3 Å². The molecule has 0 bridgehead atoms. The average molecular weight is 291 g/mol. The number of sulfonamides is 1. The molecule has 1 N–H and O–H groups in total. The zero-order chi connectivity index (χ0) is 13.8. The summed E-state index contributed by atoms with van der Waals surface area (Å²) in [4.78, 5) is 11.7. The van der Waals surface area contributed by atoms with Gasteiger partial charge in [0.2, 0.25) is 10.0 Å². The smallest absolute Gasteiger partial charge is 0.307 e. The van der Waals surface area contributed by atoms with E-state index in [0.717, 1.165) is 9.18 Å². The van der Waals surface area contributed by atoms with Crippen molar-refractivity contribution in [3.63, 3.8) is 0 Å². The second-order valence-corrected chi connectivity index (χ2v) is 7.39. The molecule has 1 rings (SSSR count). The van der Waals surface area contributed by atoms with Crippen LogP contribution in [0.1, 0.15) is 11.8 Å². The van der Waals surface area contributed by atoms with Crippen LogP contribution >= 0.6 is 11.3 Å². The van der Waals surface area contributed by atoms with E-state index in [1.807, 2.05) is 17.5 Å². The third-order valence-corrected chi connectivity index (χ3v) is 5.37. The quantitative estimate of drug-likeness (QED) is 0.821. The van der Waals surface area contributed by atoms with Gasteiger partial charge in [-0.05, 0) is 17.9 Å². The normalized spacial score (nSPS) is 13.7. The van der Waals surface area contributed by atoms with E-state index in [-0.39, 0.29) is 12.3 Å². The molecule has 0 aliphatic carbocycles. The van der Waals surface area contributed by atoms with Crippen molar-refractivity contribution in [2.45, 2.75) is 13.3 Å². The van der Waals surface area contributed by atoms with Crippen LogP contribution in [0.4, 0.5) is 0 Å². The molecule has 0 radical (unpaired) electrons. The molecule has 102 valence electrons. The number of carbonyl (C=O) groups is 1. The van der Waals surface area contributed by atoms with Crippen LogP contribution in [0.5, 0.6) is 0 Å². The van der Waals surface area contributed by atoms with Crippen molar-refractivity contribution in [3.05, 3.63) is 22.4 Å². The van der Waals surface area contributed by atoms with Crippen LogP contribution in [0, 0.1) is 5.92 Å². The van der Waals surface area contributed by atoms with Crippen molar-refractivity contribution < 1.29 is 18.3 Å². The maximum absolute atomic E-state index is 11.9. The SMILES string of the molecule is CC(CN(C)S(=O)(=O)CCc1cccs1)C(=O)O. The van der Waals surface area contributed by atoms with E-state index >= 15 is 0 Å². The number of nitrogens with zero attached hydrogens (tertiary/aromatic N) is 1. The van der Waals surface area contributed by atoms with Gasteiger partial charge in [-0.3, -0.25) is 4.79 Å². The molecule has 0 saturated heterocycles. The highest BCUT2D eigenvalue weighted by Gasteiger charge is 2.22. The van der Waals surface area contributed by atoms with Gasteiger partial charge in [-0.25, -0.2) is 12.7 Å². The molecular weight excluding hydrogens is 274 g/mol. The second-order valence-electron chi connectivity index (χ2n) is 4.17. The molecule has 1 heterocycles. The predicted molar refractivity (Wildman–Crippen MR) is 71.2 cm³/mol. The Morgan fingerprint density at radius 2 is 2.22 bits per heavy atom. The number of rotatable bonds is 7. The molecule has 0 fully saturated rings. The van der Waals surface area contributed by atoms with Crippen molar-refractivity contribution in [2.24, 2.45) is 5.92 Å². The van der Waals surface area contributed by atoms with Crippen LogP contribution in [-0.2, 0) is 21.2 Å². The van der Waals surface area contributed by atoms with E-state index in [1.165, 1.54) is 25.3 Å². The molecule has 18 heavy (non-hydrogen) atoms. The van der Waals surface area contributed by atoms with E-state index in [4.69, 9.17) is 5.11 Å². The van der Waals surface area contributed by atoms with Crippen LogP contribution in [0.15, 0.2) is 17.5 Å². The minimum Gasteiger partial charge on any atom is -0.481 e. The average Bonchev–Trinajstić information content (AvgIpc) is 2.79. The zero-order valence-corrected chi connectivity index (χ0v) is 12.0. The Morgan fingerprint density at radius 1 is 1.56 bits per heavy atom. The van der Waals surface area contributed by atoms with Crippen LogP contribution in [-0.4, -0.2) is 43.1 Å². The first-order valence-corrected chi connectivity index (χ1v) is 8.01. The summed E-state index contributed by atoms with van der Waals surface area (Å²) in [5, 5.41) is 10.7. The Balaban J connectivity index is 2.54. The number of hydrogen-bond donors (Lipinski definition) is 1. The molecule has 0 aromatic carbocycles. The number of carboxylic acids is 1. The van der Waals surface area contributed by atoms with Gasteiger partial charge in [-0.1, -0.05) is 13.0 Å². The van der Waals surface area contributed by atoms with Crippen molar-refractivity contribution in [3.8, 4) is 0 Å². The summed E-state index contributed by atoms with van der Waals surface area (Å²) in [5.41, 5.74) is 0. The Labute approximate surface area is 111 Å². The number of hydrogen-bond acceptors (Lipinski definition) is 4. The Kier molecular flexibility index (Phi) is 5.30. The summed E-state index contributed by atoms with van der Waals surface area (Å²) < 4.78 is 25.0. The molecule has 0 aliphatic heterocycles. The van der Waals surface area contributed by atoms with Gasteiger partial charge < -0.3 is 5.11 Å². The Bertz CT molecular complexity index is 481. The fourth-order valence-electron chi connectivity index (χ4n) is 1.42. The van der Waals surface area contributed by atoms with Crippen molar-refractivity contribution in [1.29, 1.82) is 0 Å². The van der Waals surface area contributed by atoms with E-state index in [1.54, 1.807) is 0 Å². The largest absolute Gasteiger partial charge is 0.481 e. The van der Waals surface area contributed by atoms with Crippen molar-refractivity contribution in [1.82, 2.24) is 4.31 Å². The Hall–Kier alpha value is -0.920. The monoisotopic (exact) mass is 291 g/mol. The molecule has 0 spiro atoms. The van der Waals surface area contributed by atoms with Crippen molar-refractivity contribution >= 4 is 27.3 Å². The van der Waals surface area contributed by atoms with E-state index in [2.05, 4.69) is 0 Å². The minimum absolute atomic E-state index is 0.00209. The van der Waals surface area contributed by atoms with Gasteiger partial charge >= 0.3 is 5.97 Å². The highest BCUT2D eigenvalue weighted by atomic mass is 32.2. The molecule has 1 unspecified atom stereocenters. The summed E-state index contributed by atoms with van der Waals surface area (Å²) in [5.74, 6) is -1.68. The van der Waals surface area contributed by atoms with Crippen LogP contribution < -0.4 is 0 Å². The second kappa shape index (κ2) is 6.31. The van der Waals surface area contributed by atoms with Gasteiger partial charge in [-0.2, -0.15) is 0 Å². The van der Waals surface area contributed by atoms with Gasteiger partial charge in [0, 0.05) is 18.5 Å². The summed E-state index contributed by atoms with van der Waals surface area (Å²) in [6.45, 7) is 1.50. The molecular formula is C11H17NO4S2. The molecule has 1 atom stereocenters. The highest BCUT2D eigenvalue weighted by molar-refractivity contribution is 7.89. The minimum atomic E-state index is -3.39. The van der Waals surface area contributed by atoms with E-state index in [9.17, 15) is 13.2 Å². The first-order chi connectivity index (χ1) is 8.33. The summed E-state index contributed by atoms with van der Waals surface area (Å²) in [6, 6.07) is 3.77. The number of thiophene rings is 1. The molecule has 0 amide bonds. The number of carboxylic acid groups (broad SMARTS) is 1. The fraction of sp³-hybridized carbons (Fsp3) is 0.545. The number of aliphatic carboxylic acids is 1. The van der Waals surface area contributed by atoms with Crippen LogP contribution in [0.2, 0.25) is 0 Å². The lowest BCUT2D eigenvalue weighted by Crippen LogP contribution is -2.35. The number of aryl methyl sites for hydroxylation is 1. The standard InChI is InChI=1S/C11H17NO4S2/c1-9(11(13)14)8-12(2)18(15,16)7-5-10-4-3-6-17-10/h3-4,6,9H,5,7-8H2,1-2H3,(H,13,14). The molecule has 5 nitrogen and oxygen atoms in total. The lowest BCUT2D eigenvalue weighted by Gasteiger charge is -2.18. The third kappa shape index (κ3) is 4.40. The highest BCUT2D eigenvalue weighted by Crippen LogP contribution is 2.12. The van der Waals surface area contributed by atoms with Crippen LogP contribution in [0.25, 0.3) is 0 Å². The molecule has 0 aliphatic rings. The Morgan fingerprint density at radius 3 is 2.72 bits per heavy atom. The van der Waals surface area contributed by atoms with E-state index in [0.29, 0.717) is 6.42 Å². The summed E-state index contributed by atoms with van der Waals surface area (Å²) in [6.07, 6.45) is 0.464. The first-order valence-electron chi connectivity index (χ1n) is 5.52. The maximum Gasteiger partial charge on any atom is 0.307 e. The lowest BCUT2D eigenvalue weighted by atomic mass is 10.2. The predicted octanol–water partition coefficient (Wildman–Crippen LogP) is 1.27. The topological polar surface area (TPSA) is 74.7 Å². The van der Waals surface area contributed by atoms with Gasteiger partial charge in [0.1, 0.15) is 0 Å². The maximum atomic E-state index is 11.9. The fourth-order valence-corrected chi connectivity index (χ4v) is 3.50. The van der Waals surface area contributed by atoms with Gasteiger partial charge in [0.15, 0.2) is 0 Å². The van der Waals surface area contributed by atoms with Gasteiger partial charge in [0.05, 0.1) is 11.7 Å². The molecule has 7 heteroatoms. The summed E-state index contributed by atoms with van der Waals surface area (Å²) in [7, 11) is -1.97.